The number of carbonyl (C=O) groups excluding carboxylic acids is 3. The van der Waals surface area contributed by atoms with E-state index in [0.717, 1.165) is 0 Å². The zero-order valence-electron chi connectivity index (χ0n) is 11.8. The molecule has 0 unspecified atom stereocenters. The molecule has 0 heterocycles. The molecule has 22 heavy (non-hydrogen) atoms. The molecule has 0 radical (unpaired) electrons. The predicted octanol–water partition coefficient (Wildman–Crippen LogP) is 1.48. The highest BCUT2D eigenvalue weighted by Crippen LogP contribution is 2.32. The van der Waals surface area contributed by atoms with Crippen LogP contribution in [0.4, 0.5) is 17.6 Å². The fraction of sp³-hybridized carbons (Fsp3) is 0.583. The van der Waals surface area contributed by atoms with Gasteiger partial charge in [-0.3, -0.25) is 0 Å². The zero-order chi connectivity index (χ0) is 17.6. The van der Waals surface area contributed by atoms with Gasteiger partial charge in [0, 0.05) is 5.57 Å². The summed E-state index contributed by atoms with van der Waals surface area (Å²) in [4.78, 5) is 32.5. The van der Waals surface area contributed by atoms with Crippen molar-refractivity contribution < 1.29 is 46.2 Å². The van der Waals surface area contributed by atoms with Crippen molar-refractivity contribution in [3.05, 3.63) is 12.2 Å². The van der Waals surface area contributed by atoms with Crippen LogP contribution in [0.1, 0.15) is 13.3 Å². The summed E-state index contributed by atoms with van der Waals surface area (Å²) in [5, 5.41) is 0. The van der Waals surface area contributed by atoms with E-state index < -0.39 is 49.4 Å². The number of hydrogen-bond donors (Lipinski definition) is 0. The van der Waals surface area contributed by atoms with Crippen LogP contribution in [0, 0.1) is 0 Å². The van der Waals surface area contributed by atoms with Gasteiger partial charge >= 0.3 is 29.8 Å². The first-order valence-corrected chi connectivity index (χ1v) is 5.78. The Morgan fingerprint density at radius 1 is 0.955 bits per heavy atom. The third-order valence-corrected chi connectivity index (χ3v) is 2.12. The summed E-state index contributed by atoms with van der Waals surface area (Å²) < 4.78 is 64.6. The summed E-state index contributed by atoms with van der Waals surface area (Å²) in [6.07, 6.45) is -2.39. The largest absolute Gasteiger partial charge is 0.465 e. The first-order valence-electron chi connectivity index (χ1n) is 5.78. The predicted molar refractivity (Wildman–Crippen MR) is 63.3 cm³/mol. The highest BCUT2D eigenvalue weighted by Gasteiger charge is 2.54. The lowest BCUT2D eigenvalue weighted by atomic mass is 10.1. The van der Waals surface area contributed by atoms with Gasteiger partial charge in [-0.05, 0) is 6.92 Å². The Labute approximate surface area is 123 Å². The summed E-state index contributed by atoms with van der Waals surface area (Å²) >= 11 is 0. The Morgan fingerprint density at radius 2 is 1.41 bits per heavy atom. The van der Waals surface area contributed by atoms with E-state index >= 15 is 0 Å². The topological polar surface area (TPSA) is 78.9 Å². The van der Waals surface area contributed by atoms with Crippen molar-refractivity contribution in [1.82, 2.24) is 0 Å². The van der Waals surface area contributed by atoms with Gasteiger partial charge in [-0.1, -0.05) is 6.58 Å². The molecule has 0 N–H and O–H groups in total. The lowest BCUT2D eigenvalue weighted by Gasteiger charge is -2.20. The van der Waals surface area contributed by atoms with Gasteiger partial charge in [-0.15, -0.1) is 0 Å². The number of alkyl halides is 4. The third-order valence-electron chi connectivity index (χ3n) is 2.12. The quantitative estimate of drug-likeness (QED) is 0.221. The number of rotatable bonds is 8. The minimum absolute atomic E-state index is 0.0365. The molecule has 0 bridgehead atoms. The van der Waals surface area contributed by atoms with Crippen molar-refractivity contribution in [2.24, 2.45) is 0 Å². The lowest BCUT2D eigenvalue weighted by Crippen LogP contribution is -2.42. The number of ether oxygens (including phenoxy) is 3. The molecule has 10 heteroatoms. The Bertz CT molecular complexity index is 461. The summed E-state index contributed by atoms with van der Waals surface area (Å²) in [7, 11) is 0.586. The Kier molecular flexibility index (Phi) is 7.01. The van der Waals surface area contributed by atoms with Gasteiger partial charge in [-0.2, -0.15) is 17.6 Å². The average Bonchev–Trinajstić information content (AvgIpc) is 2.40. The number of carbonyl (C=O) groups is 3. The van der Waals surface area contributed by atoms with E-state index in [4.69, 9.17) is 0 Å². The second kappa shape index (κ2) is 7.76. The number of methoxy groups -OCH3 is 1. The highest BCUT2D eigenvalue weighted by atomic mass is 19.3. The monoisotopic (exact) mass is 330 g/mol. The van der Waals surface area contributed by atoms with Gasteiger partial charge in [-0.25, -0.2) is 14.4 Å². The van der Waals surface area contributed by atoms with Crippen LogP contribution >= 0.6 is 0 Å². The molecule has 0 spiro atoms. The van der Waals surface area contributed by atoms with E-state index in [9.17, 15) is 31.9 Å². The lowest BCUT2D eigenvalue weighted by molar-refractivity contribution is -0.195. The number of esters is 3. The van der Waals surface area contributed by atoms with Crippen LogP contribution in [0.3, 0.4) is 0 Å². The van der Waals surface area contributed by atoms with Crippen molar-refractivity contribution in [2.75, 3.05) is 20.3 Å². The second-order valence-corrected chi connectivity index (χ2v) is 4.13. The van der Waals surface area contributed by atoms with Crippen LogP contribution in [0.25, 0.3) is 0 Å². The number of halogens is 4. The summed E-state index contributed by atoms with van der Waals surface area (Å²) in [6, 6.07) is 0. The number of hydrogen-bond acceptors (Lipinski definition) is 6. The fourth-order valence-corrected chi connectivity index (χ4v) is 1.07. The molecule has 0 aromatic carbocycles. The molecular weight excluding hydrogens is 316 g/mol. The minimum atomic E-state index is -4.62. The summed E-state index contributed by atoms with van der Waals surface area (Å²) in [6.45, 7) is 3.25. The standard InChI is InChI=1S/C12H14F4O6/c1-7(2)8(17)21-4-5-22-10(19)12(15,16)6-11(13,14)9(18)20-3/h1,4-6H2,2-3H3. The van der Waals surface area contributed by atoms with Gasteiger partial charge in [0.2, 0.25) is 0 Å². The molecule has 0 saturated heterocycles. The molecule has 0 aliphatic heterocycles. The van der Waals surface area contributed by atoms with E-state index in [2.05, 4.69) is 20.8 Å². The van der Waals surface area contributed by atoms with E-state index in [1.807, 2.05) is 0 Å². The molecule has 0 aliphatic rings. The van der Waals surface area contributed by atoms with Crippen LogP contribution in [0.15, 0.2) is 12.2 Å². The van der Waals surface area contributed by atoms with Gasteiger partial charge in [0.15, 0.2) is 0 Å². The summed E-state index contributed by atoms with van der Waals surface area (Å²) in [5.41, 5.74) is 0.0365. The van der Waals surface area contributed by atoms with Gasteiger partial charge in [0.05, 0.1) is 13.5 Å². The first kappa shape index (κ1) is 19.9. The fourth-order valence-electron chi connectivity index (χ4n) is 1.07. The normalized spacial score (nSPS) is 11.5. The van der Waals surface area contributed by atoms with Crippen molar-refractivity contribution in [1.29, 1.82) is 0 Å². The molecule has 6 nitrogen and oxygen atoms in total. The minimum Gasteiger partial charge on any atom is -0.465 e. The van der Waals surface area contributed by atoms with Crippen molar-refractivity contribution in [2.45, 2.75) is 25.2 Å². The van der Waals surface area contributed by atoms with Crippen LogP contribution < -0.4 is 0 Å². The highest BCUT2D eigenvalue weighted by molar-refractivity contribution is 5.87. The van der Waals surface area contributed by atoms with Crippen molar-refractivity contribution in [3.8, 4) is 0 Å². The van der Waals surface area contributed by atoms with Crippen LogP contribution in [-0.4, -0.2) is 50.1 Å². The third kappa shape index (κ3) is 6.10. The van der Waals surface area contributed by atoms with E-state index in [1.54, 1.807) is 0 Å². The Balaban J connectivity index is 4.43. The molecule has 0 aliphatic carbocycles. The van der Waals surface area contributed by atoms with Crippen molar-refractivity contribution >= 4 is 17.9 Å². The maximum absolute atomic E-state index is 13.2. The molecule has 0 aromatic heterocycles. The molecule has 0 fully saturated rings. The second-order valence-electron chi connectivity index (χ2n) is 4.13. The molecule has 0 atom stereocenters. The SMILES string of the molecule is C=C(C)C(=O)OCCOC(=O)C(F)(F)CC(F)(F)C(=O)OC. The smallest absolute Gasteiger partial charge is 0.377 e. The van der Waals surface area contributed by atoms with Crippen LogP contribution in [0.5, 0.6) is 0 Å². The van der Waals surface area contributed by atoms with Gasteiger partial charge < -0.3 is 14.2 Å². The molecule has 0 aromatic rings. The molecule has 0 amide bonds. The van der Waals surface area contributed by atoms with E-state index in [0.29, 0.717) is 7.11 Å². The first-order chi connectivity index (χ1) is 9.94. The van der Waals surface area contributed by atoms with E-state index in [-0.39, 0.29) is 5.57 Å². The van der Waals surface area contributed by atoms with Gasteiger partial charge in [0.1, 0.15) is 13.2 Å². The Hall–Kier alpha value is -2.13. The maximum atomic E-state index is 13.2. The van der Waals surface area contributed by atoms with Crippen LogP contribution in [0.2, 0.25) is 0 Å². The van der Waals surface area contributed by atoms with Crippen LogP contribution in [-0.2, 0) is 28.6 Å². The van der Waals surface area contributed by atoms with Crippen molar-refractivity contribution in [3.63, 3.8) is 0 Å². The summed E-state index contributed by atoms with van der Waals surface area (Å²) in [5.74, 6) is -14.5. The maximum Gasteiger partial charge on any atom is 0.377 e. The molecule has 0 saturated carbocycles. The molecule has 126 valence electrons. The molecular formula is C12H14F4O6. The van der Waals surface area contributed by atoms with Gasteiger partial charge in [0.25, 0.3) is 0 Å². The Morgan fingerprint density at radius 3 is 1.86 bits per heavy atom. The average molecular weight is 330 g/mol. The zero-order valence-corrected chi connectivity index (χ0v) is 11.8. The van der Waals surface area contributed by atoms with E-state index in [1.165, 1.54) is 6.92 Å². The molecule has 0 rings (SSSR count).